The number of anilines is 1. The fourth-order valence-electron chi connectivity index (χ4n) is 3.92. The van der Waals surface area contributed by atoms with E-state index < -0.39 is 0 Å². The number of fused-ring (bicyclic) bond motifs is 2. The number of allylic oxidation sites excluding steroid dienone is 4. The minimum Gasteiger partial charge on any atom is -0.279 e. The predicted molar refractivity (Wildman–Crippen MR) is 109 cm³/mol. The van der Waals surface area contributed by atoms with Crippen molar-refractivity contribution in [3.05, 3.63) is 83.1 Å². The molecule has 0 aromatic heterocycles. The lowest BCUT2D eigenvalue weighted by molar-refractivity contribution is -0.111. The van der Waals surface area contributed by atoms with Crippen molar-refractivity contribution in [2.24, 2.45) is 4.99 Å². The lowest BCUT2D eigenvalue weighted by atomic mass is 10.1. The second-order valence-corrected chi connectivity index (χ2v) is 7.14. The number of nitrogens with zero attached hydrogens (tertiary/aromatic N) is 3. The van der Waals surface area contributed by atoms with Crippen molar-refractivity contribution in [1.29, 1.82) is 0 Å². The highest BCUT2D eigenvalue weighted by Gasteiger charge is 2.36. The number of amides is 3. The molecule has 0 bridgehead atoms. The van der Waals surface area contributed by atoms with Gasteiger partial charge in [-0.15, -0.1) is 0 Å². The number of imide groups is 1. The Balaban J connectivity index is 1.60. The lowest BCUT2D eigenvalue weighted by Gasteiger charge is -2.21. The van der Waals surface area contributed by atoms with Gasteiger partial charge in [0.05, 0.1) is 22.5 Å². The van der Waals surface area contributed by atoms with Crippen LogP contribution in [0.5, 0.6) is 0 Å². The highest BCUT2D eigenvalue weighted by molar-refractivity contribution is 6.55. The van der Waals surface area contributed by atoms with Crippen LogP contribution in [0.25, 0.3) is 0 Å². The molecule has 5 rings (SSSR count). The molecule has 0 fully saturated rings. The molecule has 2 aromatic carbocycles. The summed E-state index contributed by atoms with van der Waals surface area (Å²) in [5.74, 6) is -0.867. The van der Waals surface area contributed by atoms with Gasteiger partial charge >= 0.3 is 0 Å². The van der Waals surface area contributed by atoms with Gasteiger partial charge in [-0.25, -0.2) is 4.99 Å². The standard InChI is InChI=1S/C23H17N3O3/c1-25-21(27)16-12-11-14(13-18(16)22(25)28)24-20-17-9-5-6-10-19(17)26(23(20)29)15-7-3-2-4-8-15/h2-3,5-7,9-13H,4,8H2,1H3. The molecular formula is C23H17N3O3. The van der Waals surface area contributed by atoms with Gasteiger partial charge in [-0.3, -0.25) is 24.2 Å². The summed E-state index contributed by atoms with van der Waals surface area (Å²) in [5, 5.41) is 0. The molecule has 0 saturated heterocycles. The number of hydrogen-bond acceptors (Lipinski definition) is 4. The number of benzene rings is 2. The molecule has 2 aliphatic heterocycles. The van der Waals surface area contributed by atoms with Crippen LogP contribution in [0.4, 0.5) is 11.4 Å². The van der Waals surface area contributed by atoms with Crippen molar-refractivity contribution < 1.29 is 14.4 Å². The SMILES string of the molecule is CN1C(=O)c2ccc(N=C3C(=O)N(C4=CC=CCC4)c4ccccc43)cc2C1=O. The van der Waals surface area contributed by atoms with Crippen LogP contribution in [0, 0.1) is 0 Å². The monoisotopic (exact) mass is 383 g/mol. The summed E-state index contributed by atoms with van der Waals surface area (Å²) in [6, 6.07) is 12.4. The number of carbonyl (C=O) groups excluding carboxylic acids is 3. The van der Waals surface area contributed by atoms with Crippen LogP contribution in [0.3, 0.4) is 0 Å². The summed E-state index contributed by atoms with van der Waals surface area (Å²) in [7, 11) is 1.46. The first-order valence-electron chi connectivity index (χ1n) is 9.41. The number of aliphatic imine (C=N–C) groups is 1. The average Bonchev–Trinajstić information content (AvgIpc) is 3.15. The lowest BCUT2D eigenvalue weighted by Crippen LogP contribution is -2.29. The summed E-state index contributed by atoms with van der Waals surface area (Å²) in [5.41, 5.74) is 3.98. The predicted octanol–water partition coefficient (Wildman–Crippen LogP) is 3.61. The average molecular weight is 383 g/mol. The zero-order valence-electron chi connectivity index (χ0n) is 15.8. The maximum atomic E-state index is 13.3. The van der Waals surface area contributed by atoms with E-state index in [-0.39, 0.29) is 17.7 Å². The maximum Gasteiger partial charge on any atom is 0.281 e. The first kappa shape index (κ1) is 17.3. The van der Waals surface area contributed by atoms with E-state index in [0.717, 1.165) is 34.7 Å². The maximum absolute atomic E-state index is 13.3. The van der Waals surface area contributed by atoms with Crippen LogP contribution in [0.15, 0.2) is 71.4 Å². The van der Waals surface area contributed by atoms with Crippen LogP contribution in [0.1, 0.15) is 39.1 Å². The van der Waals surface area contributed by atoms with Gasteiger partial charge in [0, 0.05) is 18.3 Å². The van der Waals surface area contributed by atoms with Gasteiger partial charge in [0.15, 0.2) is 0 Å². The van der Waals surface area contributed by atoms with Gasteiger partial charge in [-0.05, 0) is 43.2 Å². The van der Waals surface area contributed by atoms with Crippen molar-refractivity contribution in [2.45, 2.75) is 12.8 Å². The largest absolute Gasteiger partial charge is 0.281 e. The Kier molecular flexibility index (Phi) is 3.81. The first-order valence-corrected chi connectivity index (χ1v) is 9.41. The van der Waals surface area contributed by atoms with E-state index in [9.17, 15) is 14.4 Å². The number of para-hydroxylation sites is 1. The first-order chi connectivity index (χ1) is 14.1. The summed E-state index contributed by atoms with van der Waals surface area (Å²) in [4.78, 5) is 45.0. The Morgan fingerprint density at radius 3 is 2.48 bits per heavy atom. The summed E-state index contributed by atoms with van der Waals surface area (Å²) in [6.07, 6.45) is 7.66. The zero-order chi connectivity index (χ0) is 20.1. The Morgan fingerprint density at radius 2 is 1.69 bits per heavy atom. The quantitative estimate of drug-likeness (QED) is 0.744. The topological polar surface area (TPSA) is 70.1 Å². The minimum atomic E-state index is -0.356. The van der Waals surface area contributed by atoms with Crippen LogP contribution >= 0.6 is 0 Å². The highest BCUT2D eigenvalue weighted by Crippen LogP contribution is 2.36. The van der Waals surface area contributed by atoms with E-state index >= 15 is 0 Å². The highest BCUT2D eigenvalue weighted by atomic mass is 16.2. The van der Waals surface area contributed by atoms with Crippen LogP contribution < -0.4 is 4.90 Å². The van der Waals surface area contributed by atoms with Gasteiger partial charge in [0.2, 0.25) is 0 Å². The second kappa shape index (κ2) is 6.38. The van der Waals surface area contributed by atoms with Gasteiger partial charge in [0.1, 0.15) is 5.71 Å². The molecule has 2 aromatic rings. The third-order valence-electron chi connectivity index (χ3n) is 5.40. The van der Waals surface area contributed by atoms with Crippen molar-refractivity contribution in [3.63, 3.8) is 0 Å². The number of hydrogen-bond donors (Lipinski definition) is 0. The fourth-order valence-corrected chi connectivity index (χ4v) is 3.92. The molecular weight excluding hydrogens is 366 g/mol. The van der Waals surface area contributed by atoms with Crippen molar-refractivity contribution in [3.8, 4) is 0 Å². The smallest absolute Gasteiger partial charge is 0.279 e. The Morgan fingerprint density at radius 1 is 0.897 bits per heavy atom. The van der Waals surface area contributed by atoms with E-state index in [0.29, 0.717) is 22.5 Å². The number of carbonyl (C=O) groups is 3. The van der Waals surface area contributed by atoms with Gasteiger partial charge in [-0.2, -0.15) is 0 Å². The molecule has 6 heteroatoms. The summed E-state index contributed by atoms with van der Waals surface area (Å²) >= 11 is 0. The third kappa shape index (κ3) is 2.56. The molecule has 0 saturated carbocycles. The van der Waals surface area contributed by atoms with Gasteiger partial charge in [-0.1, -0.05) is 30.4 Å². The van der Waals surface area contributed by atoms with E-state index in [1.165, 1.54) is 7.05 Å². The fraction of sp³-hybridized carbons (Fsp3) is 0.130. The molecule has 0 spiro atoms. The van der Waals surface area contributed by atoms with Crippen molar-refractivity contribution in [1.82, 2.24) is 4.90 Å². The number of rotatable bonds is 2. The molecule has 0 unspecified atom stereocenters. The summed E-state index contributed by atoms with van der Waals surface area (Å²) < 4.78 is 0. The molecule has 6 nitrogen and oxygen atoms in total. The van der Waals surface area contributed by atoms with Gasteiger partial charge < -0.3 is 0 Å². The molecule has 142 valence electrons. The van der Waals surface area contributed by atoms with Gasteiger partial charge in [0.25, 0.3) is 17.7 Å². The normalized spacial score (nSPS) is 19.1. The molecule has 1 aliphatic carbocycles. The van der Waals surface area contributed by atoms with Crippen LogP contribution in [-0.2, 0) is 4.79 Å². The molecule has 29 heavy (non-hydrogen) atoms. The molecule has 0 N–H and O–H groups in total. The van der Waals surface area contributed by atoms with E-state index in [4.69, 9.17) is 0 Å². The van der Waals surface area contributed by atoms with Crippen molar-refractivity contribution >= 4 is 34.8 Å². The molecule has 2 heterocycles. The Bertz CT molecular complexity index is 1190. The third-order valence-corrected chi connectivity index (χ3v) is 5.40. The molecule has 0 atom stereocenters. The van der Waals surface area contributed by atoms with E-state index in [1.807, 2.05) is 36.4 Å². The molecule has 0 radical (unpaired) electrons. The van der Waals surface area contributed by atoms with E-state index in [2.05, 4.69) is 11.1 Å². The van der Waals surface area contributed by atoms with E-state index in [1.54, 1.807) is 23.1 Å². The molecule has 3 aliphatic rings. The van der Waals surface area contributed by atoms with Crippen molar-refractivity contribution in [2.75, 3.05) is 11.9 Å². The molecule has 3 amide bonds. The van der Waals surface area contributed by atoms with Crippen LogP contribution in [0.2, 0.25) is 0 Å². The summed E-state index contributed by atoms with van der Waals surface area (Å²) in [6.45, 7) is 0. The Hall–Kier alpha value is -3.80. The second-order valence-electron chi connectivity index (χ2n) is 7.14. The van der Waals surface area contributed by atoms with Crippen LogP contribution in [-0.4, -0.2) is 35.4 Å². The Labute approximate surface area is 167 Å². The zero-order valence-corrected chi connectivity index (χ0v) is 15.8. The minimum absolute atomic E-state index is 0.187.